The third-order valence-electron chi connectivity index (χ3n) is 2.49. The highest BCUT2D eigenvalue weighted by Crippen LogP contribution is 2.28. The molecule has 0 spiro atoms. The number of hydrogen-bond donors (Lipinski definition) is 1. The van der Waals surface area contributed by atoms with Gasteiger partial charge in [-0.1, -0.05) is 18.3 Å². The van der Waals surface area contributed by atoms with Crippen molar-refractivity contribution in [3.63, 3.8) is 0 Å². The Morgan fingerprint density at radius 1 is 1.59 bits per heavy atom. The van der Waals surface area contributed by atoms with Crippen LogP contribution in [-0.2, 0) is 4.79 Å². The van der Waals surface area contributed by atoms with Crippen LogP contribution in [0, 0.1) is 11.8 Å². The molecule has 17 heavy (non-hydrogen) atoms. The van der Waals surface area contributed by atoms with Gasteiger partial charge in [-0.2, -0.15) is 0 Å². The zero-order valence-corrected chi connectivity index (χ0v) is 11.7. The molecule has 0 aromatic carbocycles. The van der Waals surface area contributed by atoms with Gasteiger partial charge in [0.05, 0.1) is 11.0 Å². The first-order valence-electron chi connectivity index (χ1n) is 5.00. The molecule has 1 N–H and O–H groups in total. The van der Waals surface area contributed by atoms with Crippen molar-refractivity contribution in [2.45, 2.75) is 6.92 Å². The summed E-state index contributed by atoms with van der Waals surface area (Å²) in [6.45, 7) is 2.72. The largest absolute Gasteiger partial charge is 0.300 e. The van der Waals surface area contributed by atoms with Crippen molar-refractivity contribution in [1.82, 2.24) is 10.2 Å². The van der Waals surface area contributed by atoms with Crippen LogP contribution >= 0.6 is 34.7 Å². The topological polar surface area (TPSA) is 67.2 Å². The molecule has 0 radical (unpaired) electrons. The van der Waals surface area contributed by atoms with Gasteiger partial charge in [-0.15, -0.1) is 22.0 Å². The van der Waals surface area contributed by atoms with E-state index in [-0.39, 0.29) is 17.7 Å². The van der Waals surface area contributed by atoms with Crippen molar-refractivity contribution in [3.05, 3.63) is 4.47 Å². The number of aliphatic imine (C=N–C) groups is 1. The average Bonchev–Trinajstić information content (AvgIpc) is 2.84. The lowest BCUT2D eigenvalue weighted by Gasteiger charge is -2.14. The van der Waals surface area contributed by atoms with Crippen molar-refractivity contribution in [2.24, 2.45) is 16.8 Å². The smallest absolute Gasteiger partial charge is 0.236 e. The summed E-state index contributed by atoms with van der Waals surface area (Å²) >= 11 is 8.32. The molecule has 1 aliphatic rings. The molecule has 2 unspecified atom stereocenters. The summed E-state index contributed by atoms with van der Waals surface area (Å²) in [4.78, 5) is 16.4. The highest BCUT2D eigenvalue weighted by atomic mass is 35.5. The Kier molecular flexibility index (Phi) is 4.01. The van der Waals surface area contributed by atoms with Gasteiger partial charge in [0, 0.05) is 6.54 Å². The molecule has 1 aliphatic heterocycles. The molecule has 1 aromatic rings. The number of thioether (sulfide) groups is 1. The third-order valence-corrected chi connectivity index (χ3v) is 4.23. The van der Waals surface area contributed by atoms with Gasteiger partial charge in [-0.3, -0.25) is 15.1 Å². The number of anilines is 1. The Balaban J connectivity index is 2.07. The van der Waals surface area contributed by atoms with Gasteiger partial charge in [-0.25, -0.2) is 0 Å². The van der Waals surface area contributed by atoms with Crippen molar-refractivity contribution in [3.8, 4) is 0 Å². The molecule has 0 aliphatic carbocycles. The maximum atomic E-state index is 12.1. The number of halogens is 1. The van der Waals surface area contributed by atoms with Gasteiger partial charge < -0.3 is 0 Å². The Bertz CT molecular complexity index is 462. The second-order valence-electron chi connectivity index (χ2n) is 3.69. The predicted molar refractivity (Wildman–Crippen MR) is 72.0 cm³/mol. The van der Waals surface area contributed by atoms with Crippen LogP contribution in [0.25, 0.3) is 0 Å². The van der Waals surface area contributed by atoms with E-state index in [1.165, 1.54) is 11.8 Å². The normalized spacial score (nSPS) is 23.6. The quantitative estimate of drug-likeness (QED) is 0.906. The summed E-state index contributed by atoms with van der Waals surface area (Å²) in [5.41, 5.74) is 0. The molecule has 0 saturated heterocycles. The van der Waals surface area contributed by atoms with Crippen LogP contribution in [0.15, 0.2) is 4.99 Å². The molecule has 92 valence electrons. The summed E-state index contributed by atoms with van der Waals surface area (Å²) in [6.07, 6.45) is 1.93. The van der Waals surface area contributed by atoms with Gasteiger partial charge in [0.1, 0.15) is 0 Å². The highest BCUT2D eigenvalue weighted by molar-refractivity contribution is 8.13. The van der Waals surface area contributed by atoms with E-state index in [0.29, 0.717) is 16.1 Å². The number of carbonyl (C=O) groups is 1. The molecule has 1 amide bonds. The molecule has 2 atom stereocenters. The number of hydrogen-bond acceptors (Lipinski definition) is 6. The van der Waals surface area contributed by atoms with Crippen LogP contribution in [0.4, 0.5) is 5.13 Å². The molecule has 2 heterocycles. The Labute approximate surface area is 112 Å². The van der Waals surface area contributed by atoms with Gasteiger partial charge in [0.25, 0.3) is 0 Å². The zero-order valence-electron chi connectivity index (χ0n) is 9.31. The fourth-order valence-corrected chi connectivity index (χ4v) is 3.21. The summed E-state index contributed by atoms with van der Waals surface area (Å²) in [5.74, 6) is -0.0514. The molecule has 5 nitrogen and oxygen atoms in total. The lowest BCUT2D eigenvalue weighted by molar-refractivity contribution is -0.118. The van der Waals surface area contributed by atoms with Crippen LogP contribution in [-0.4, -0.2) is 33.9 Å². The molecule has 0 fully saturated rings. The lowest BCUT2D eigenvalue weighted by atomic mass is 9.97. The maximum absolute atomic E-state index is 12.1. The van der Waals surface area contributed by atoms with Crippen molar-refractivity contribution >= 4 is 50.8 Å². The summed E-state index contributed by atoms with van der Waals surface area (Å²) in [7, 11) is 0. The van der Waals surface area contributed by atoms with Crippen molar-refractivity contribution < 1.29 is 4.79 Å². The van der Waals surface area contributed by atoms with E-state index in [1.54, 1.807) is 0 Å². The SMILES string of the molecule is CSC1=NCC(C)C1C(=O)Nc1nnc(Cl)s1. The standard InChI is InChI=1S/C9H11ClN4OS2/c1-4-3-11-7(16-2)5(4)6(15)12-9-14-13-8(10)17-9/h4-5H,3H2,1-2H3,(H,12,14,15). The van der Waals surface area contributed by atoms with E-state index in [4.69, 9.17) is 11.6 Å². The van der Waals surface area contributed by atoms with Gasteiger partial charge in [0.2, 0.25) is 15.5 Å². The van der Waals surface area contributed by atoms with Crippen LogP contribution in [0.2, 0.25) is 4.47 Å². The van der Waals surface area contributed by atoms with Crippen LogP contribution in [0.1, 0.15) is 6.92 Å². The number of nitrogens with zero attached hydrogens (tertiary/aromatic N) is 3. The molecular formula is C9H11ClN4OS2. The van der Waals surface area contributed by atoms with E-state index in [9.17, 15) is 4.79 Å². The molecule has 0 bridgehead atoms. The number of amides is 1. The summed E-state index contributed by atoms with van der Waals surface area (Å²) in [6, 6.07) is 0. The van der Waals surface area contributed by atoms with Crippen LogP contribution < -0.4 is 5.32 Å². The number of carbonyl (C=O) groups excluding carboxylic acids is 1. The fraction of sp³-hybridized carbons (Fsp3) is 0.556. The fourth-order valence-electron chi connectivity index (χ4n) is 1.68. The lowest BCUT2D eigenvalue weighted by Crippen LogP contribution is -2.30. The first-order valence-corrected chi connectivity index (χ1v) is 7.42. The van der Waals surface area contributed by atoms with Crippen molar-refractivity contribution in [2.75, 3.05) is 18.1 Å². The number of aromatic nitrogens is 2. The van der Waals surface area contributed by atoms with Crippen LogP contribution in [0.3, 0.4) is 0 Å². The van der Waals surface area contributed by atoms with Gasteiger partial charge in [0.15, 0.2) is 0 Å². The number of nitrogens with one attached hydrogen (secondary N) is 1. The van der Waals surface area contributed by atoms with Crippen molar-refractivity contribution in [1.29, 1.82) is 0 Å². The molecule has 8 heteroatoms. The van der Waals surface area contributed by atoms with E-state index < -0.39 is 0 Å². The molecule has 0 saturated carbocycles. The Morgan fingerprint density at radius 2 is 2.35 bits per heavy atom. The maximum Gasteiger partial charge on any atom is 0.236 e. The summed E-state index contributed by atoms with van der Waals surface area (Å²) in [5, 5.41) is 11.4. The Hall–Kier alpha value is -0.660. The van der Waals surface area contributed by atoms with E-state index in [0.717, 1.165) is 16.4 Å². The van der Waals surface area contributed by atoms with E-state index >= 15 is 0 Å². The minimum absolute atomic E-state index is 0.0871. The second-order valence-corrected chi connectivity index (χ2v) is 6.07. The zero-order chi connectivity index (χ0) is 12.4. The first-order chi connectivity index (χ1) is 8.11. The summed E-state index contributed by atoms with van der Waals surface area (Å²) < 4.78 is 0.318. The van der Waals surface area contributed by atoms with E-state index in [2.05, 4.69) is 20.5 Å². The molecule has 1 aromatic heterocycles. The first kappa shape index (κ1) is 12.8. The average molecular weight is 291 g/mol. The third kappa shape index (κ3) is 2.78. The highest BCUT2D eigenvalue weighted by Gasteiger charge is 2.34. The predicted octanol–water partition coefficient (Wildman–Crippen LogP) is 2.16. The minimum atomic E-state index is -0.187. The monoisotopic (exact) mass is 290 g/mol. The second kappa shape index (κ2) is 5.32. The van der Waals surface area contributed by atoms with Gasteiger partial charge >= 0.3 is 0 Å². The Morgan fingerprint density at radius 3 is 2.94 bits per heavy atom. The van der Waals surface area contributed by atoms with Gasteiger partial charge in [-0.05, 0) is 23.8 Å². The minimum Gasteiger partial charge on any atom is -0.300 e. The molecular weight excluding hydrogens is 280 g/mol. The van der Waals surface area contributed by atoms with Crippen LogP contribution in [0.5, 0.6) is 0 Å². The molecule has 2 rings (SSSR count). The van der Waals surface area contributed by atoms with E-state index in [1.807, 2.05) is 13.2 Å². The number of rotatable bonds is 2.